The first-order valence-electron chi connectivity index (χ1n) is 6.50. The molecule has 1 N–H and O–H groups in total. The van der Waals surface area contributed by atoms with E-state index in [0.29, 0.717) is 5.02 Å². The van der Waals surface area contributed by atoms with Crippen LogP contribution >= 0.6 is 23.4 Å². The van der Waals surface area contributed by atoms with Crippen molar-refractivity contribution in [1.29, 1.82) is 0 Å². The number of ether oxygens (including phenoxy) is 1. The zero-order valence-corrected chi connectivity index (χ0v) is 12.9. The summed E-state index contributed by atoms with van der Waals surface area (Å²) in [6, 6.07) is 13.3. The smallest absolute Gasteiger partial charge is 0.118 e. The number of benzene rings is 2. The molecule has 1 aliphatic rings. The lowest BCUT2D eigenvalue weighted by molar-refractivity contribution is 0.244. The molecule has 2 aromatic rings. The number of methoxy groups -OCH3 is 1. The van der Waals surface area contributed by atoms with Crippen molar-refractivity contribution < 1.29 is 9.84 Å². The molecule has 1 aliphatic heterocycles. The lowest BCUT2D eigenvalue weighted by Gasteiger charge is -2.19. The zero-order valence-electron chi connectivity index (χ0n) is 11.4. The number of rotatable bonds is 2. The molecular formula is C16H14ClNO2S. The molecule has 1 heterocycles. The quantitative estimate of drug-likeness (QED) is 0.899. The maximum Gasteiger partial charge on any atom is 0.118 e. The van der Waals surface area contributed by atoms with Crippen LogP contribution in [0.4, 0.5) is 5.69 Å². The largest absolute Gasteiger partial charge is 0.497 e. The van der Waals surface area contributed by atoms with Crippen LogP contribution in [0.15, 0.2) is 52.4 Å². The molecule has 0 saturated heterocycles. The van der Waals surface area contributed by atoms with E-state index in [4.69, 9.17) is 16.3 Å². The van der Waals surface area contributed by atoms with E-state index in [-0.39, 0.29) is 5.25 Å². The van der Waals surface area contributed by atoms with Crippen molar-refractivity contribution in [2.45, 2.75) is 16.2 Å². The average molecular weight is 320 g/mol. The van der Waals surface area contributed by atoms with E-state index in [1.54, 1.807) is 31.2 Å². The molecule has 2 aromatic carbocycles. The second-order valence-electron chi connectivity index (χ2n) is 4.69. The summed E-state index contributed by atoms with van der Waals surface area (Å²) in [7, 11) is 1.63. The molecule has 2 atom stereocenters. The van der Waals surface area contributed by atoms with Crippen molar-refractivity contribution in [3.8, 4) is 5.75 Å². The monoisotopic (exact) mass is 319 g/mol. The summed E-state index contributed by atoms with van der Waals surface area (Å²) in [5, 5.41) is 10.9. The molecule has 0 unspecified atom stereocenters. The number of aliphatic hydroxyl groups is 1. The van der Waals surface area contributed by atoms with E-state index in [9.17, 15) is 5.11 Å². The first-order valence-corrected chi connectivity index (χ1v) is 7.75. The Kier molecular flexibility index (Phi) is 4.19. The maximum atomic E-state index is 10.3. The molecule has 0 amide bonds. The van der Waals surface area contributed by atoms with Gasteiger partial charge in [0.15, 0.2) is 0 Å². The zero-order chi connectivity index (χ0) is 14.8. The Labute approximate surface area is 132 Å². The van der Waals surface area contributed by atoms with Gasteiger partial charge in [0.2, 0.25) is 0 Å². The van der Waals surface area contributed by atoms with Crippen LogP contribution in [0.2, 0.25) is 5.02 Å². The summed E-state index contributed by atoms with van der Waals surface area (Å²) < 4.78 is 5.17. The average Bonchev–Trinajstić information content (AvgIpc) is 2.67. The molecule has 3 nitrogen and oxygen atoms in total. The normalized spacial score (nSPS) is 20.7. The number of aliphatic hydroxyl groups excluding tert-OH is 1. The molecular weight excluding hydrogens is 306 g/mol. The highest BCUT2D eigenvalue weighted by molar-refractivity contribution is 7.99. The number of hydrogen-bond donors (Lipinski definition) is 1. The highest BCUT2D eigenvalue weighted by Crippen LogP contribution is 2.44. The number of nitrogens with zero attached hydrogens (tertiary/aromatic N) is 1. The second kappa shape index (κ2) is 6.10. The maximum absolute atomic E-state index is 10.3. The van der Waals surface area contributed by atoms with Crippen molar-refractivity contribution >= 4 is 35.3 Å². The number of aliphatic imine (C=N–C) groups is 1. The minimum Gasteiger partial charge on any atom is -0.497 e. The van der Waals surface area contributed by atoms with Gasteiger partial charge in [-0.25, -0.2) is 0 Å². The van der Waals surface area contributed by atoms with Crippen LogP contribution in [0, 0.1) is 0 Å². The molecule has 0 aromatic heterocycles. The fraction of sp³-hybridized carbons (Fsp3) is 0.188. The van der Waals surface area contributed by atoms with Crippen LogP contribution in [-0.4, -0.2) is 24.5 Å². The SMILES string of the molecule is COc1ccc([C@@H]2Sc3cc(Cl)ccc3N=C[C@@H]2O)cc1. The molecule has 0 saturated carbocycles. The minimum absolute atomic E-state index is 0.126. The lowest BCUT2D eigenvalue weighted by Crippen LogP contribution is -2.16. The topological polar surface area (TPSA) is 41.8 Å². The number of hydrogen-bond acceptors (Lipinski definition) is 4. The number of fused-ring (bicyclic) bond motifs is 1. The summed E-state index contributed by atoms with van der Waals surface area (Å²) in [5.41, 5.74) is 1.85. The van der Waals surface area contributed by atoms with E-state index in [2.05, 4.69) is 4.99 Å². The highest BCUT2D eigenvalue weighted by atomic mass is 35.5. The third-order valence-corrected chi connectivity index (χ3v) is 4.92. The van der Waals surface area contributed by atoms with Gasteiger partial charge in [0.1, 0.15) is 11.9 Å². The molecule has 0 radical (unpaired) electrons. The van der Waals surface area contributed by atoms with Gasteiger partial charge in [0.05, 0.1) is 18.0 Å². The molecule has 3 rings (SSSR count). The summed E-state index contributed by atoms with van der Waals surface area (Å²) in [5.74, 6) is 0.795. The Bertz CT molecular complexity index is 672. The van der Waals surface area contributed by atoms with E-state index < -0.39 is 6.10 Å². The van der Waals surface area contributed by atoms with Gasteiger partial charge in [-0.05, 0) is 35.9 Å². The van der Waals surface area contributed by atoms with Gasteiger partial charge in [-0.15, -0.1) is 11.8 Å². The van der Waals surface area contributed by atoms with Crippen molar-refractivity contribution in [2.24, 2.45) is 4.99 Å². The Morgan fingerprint density at radius 1 is 1.19 bits per heavy atom. The third-order valence-electron chi connectivity index (χ3n) is 3.30. The Morgan fingerprint density at radius 2 is 1.95 bits per heavy atom. The standard InChI is InChI=1S/C16H14ClNO2S/c1-20-12-5-2-10(3-6-12)16-14(19)9-18-13-7-4-11(17)8-15(13)21-16/h2-9,14,16,19H,1H3/t14-,16-/m0/s1. The summed E-state index contributed by atoms with van der Waals surface area (Å²) in [4.78, 5) is 5.31. The van der Waals surface area contributed by atoms with Gasteiger partial charge in [0, 0.05) is 16.1 Å². The predicted octanol–water partition coefficient (Wildman–Crippen LogP) is 4.26. The van der Waals surface area contributed by atoms with E-state index in [0.717, 1.165) is 21.9 Å². The third kappa shape index (κ3) is 3.07. The van der Waals surface area contributed by atoms with E-state index >= 15 is 0 Å². The van der Waals surface area contributed by atoms with Crippen molar-refractivity contribution in [1.82, 2.24) is 0 Å². The van der Waals surface area contributed by atoms with Crippen LogP contribution in [0.3, 0.4) is 0 Å². The van der Waals surface area contributed by atoms with Crippen molar-refractivity contribution in [3.63, 3.8) is 0 Å². The molecule has 5 heteroatoms. The van der Waals surface area contributed by atoms with Crippen LogP contribution in [-0.2, 0) is 0 Å². The van der Waals surface area contributed by atoms with Gasteiger partial charge in [0.25, 0.3) is 0 Å². The Hall–Kier alpha value is -1.49. The molecule has 21 heavy (non-hydrogen) atoms. The van der Waals surface area contributed by atoms with Crippen LogP contribution in [0.1, 0.15) is 10.8 Å². The highest BCUT2D eigenvalue weighted by Gasteiger charge is 2.25. The summed E-state index contributed by atoms with van der Waals surface area (Å²) in [6.45, 7) is 0. The predicted molar refractivity (Wildman–Crippen MR) is 87.2 cm³/mol. The number of thioether (sulfide) groups is 1. The molecule has 108 valence electrons. The van der Waals surface area contributed by atoms with Crippen LogP contribution in [0.5, 0.6) is 5.75 Å². The Balaban J connectivity index is 1.96. The van der Waals surface area contributed by atoms with Gasteiger partial charge >= 0.3 is 0 Å². The van der Waals surface area contributed by atoms with Crippen molar-refractivity contribution in [2.75, 3.05) is 7.11 Å². The van der Waals surface area contributed by atoms with Crippen molar-refractivity contribution in [3.05, 3.63) is 53.1 Å². The van der Waals surface area contributed by atoms with Gasteiger partial charge in [-0.3, -0.25) is 4.99 Å². The molecule has 0 fully saturated rings. The summed E-state index contributed by atoms with van der Waals surface area (Å²) >= 11 is 7.62. The lowest BCUT2D eigenvalue weighted by atomic mass is 10.1. The second-order valence-corrected chi connectivity index (χ2v) is 6.31. The summed E-state index contributed by atoms with van der Waals surface area (Å²) in [6.07, 6.45) is 0.927. The van der Waals surface area contributed by atoms with E-state index in [1.807, 2.05) is 36.4 Å². The fourth-order valence-electron chi connectivity index (χ4n) is 2.19. The molecule has 0 bridgehead atoms. The fourth-order valence-corrected chi connectivity index (χ4v) is 3.64. The van der Waals surface area contributed by atoms with Crippen LogP contribution in [0.25, 0.3) is 0 Å². The van der Waals surface area contributed by atoms with Gasteiger partial charge in [-0.2, -0.15) is 0 Å². The first-order chi connectivity index (χ1) is 10.2. The van der Waals surface area contributed by atoms with Gasteiger partial charge < -0.3 is 9.84 Å². The van der Waals surface area contributed by atoms with Gasteiger partial charge in [-0.1, -0.05) is 23.7 Å². The Morgan fingerprint density at radius 3 is 2.67 bits per heavy atom. The molecule has 0 aliphatic carbocycles. The molecule has 0 spiro atoms. The number of halogens is 1. The minimum atomic E-state index is -0.658. The first kappa shape index (κ1) is 14.4. The van der Waals surface area contributed by atoms with Crippen LogP contribution < -0.4 is 4.74 Å². The van der Waals surface area contributed by atoms with E-state index in [1.165, 1.54) is 0 Å².